The van der Waals surface area contributed by atoms with E-state index in [1.165, 1.54) is 0 Å². The average molecular weight is 277 g/mol. The normalized spacial score (nSPS) is 12.6. The molecule has 108 valence electrons. The van der Waals surface area contributed by atoms with E-state index < -0.39 is 0 Å². The van der Waals surface area contributed by atoms with Crippen LogP contribution in [-0.2, 0) is 22.6 Å². The highest BCUT2D eigenvalue weighted by atomic mass is 16.5. The van der Waals surface area contributed by atoms with Crippen LogP contribution >= 0.6 is 0 Å². The molecule has 0 fully saturated rings. The summed E-state index contributed by atoms with van der Waals surface area (Å²) in [5.41, 5.74) is 0.991. The summed E-state index contributed by atoms with van der Waals surface area (Å²) in [4.78, 5) is 0. The minimum absolute atomic E-state index is 0.165. The van der Waals surface area contributed by atoms with E-state index in [1.54, 1.807) is 14.2 Å². The number of methoxy groups -OCH3 is 2. The Morgan fingerprint density at radius 2 is 1.95 bits per heavy atom. The SMILES string of the molecule is COCCn1c(CO)nnc1C(OC)c1ccccc1. The molecule has 1 unspecified atom stereocenters. The van der Waals surface area contributed by atoms with E-state index in [2.05, 4.69) is 10.2 Å². The van der Waals surface area contributed by atoms with Crippen LogP contribution in [0.5, 0.6) is 0 Å². The van der Waals surface area contributed by atoms with Crippen molar-refractivity contribution in [2.45, 2.75) is 19.3 Å². The summed E-state index contributed by atoms with van der Waals surface area (Å²) in [6.45, 7) is 0.923. The summed E-state index contributed by atoms with van der Waals surface area (Å²) in [6.07, 6.45) is -0.319. The first-order chi connectivity index (χ1) is 9.81. The largest absolute Gasteiger partial charge is 0.388 e. The molecule has 1 atom stereocenters. The zero-order valence-electron chi connectivity index (χ0n) is 11.7. The van der Waals surface area contributed by atoms with Gasteiger partial charge in [-0.2, -0.15) is 0 Å². The van der Waals surface area contributed by atoms with E-state index in [9.17, 15) is 5.11 Å². The van der Waals surface area contributed by atoms with Crippen molar-refractivity contribution >= 4 is 0 Å². The van der Waals surface area contributed by atoms with Crippen molar-refractivity contribution in [1.82, 2.24) is 14.8 Å². The molecule has 20 heavy (non-hydrogen) atoms. The molecule has 0 saturated heterocycles. The van der Waals surface area contributed by atoms with Crippen LogP contribution in [0.4, 0.5) is 0 Å². The van der Waals surface area contributed by atoms with Crippen molar-refractivity contribution in [1.29, 1.82) is 0 Å². The lowest BCUT2D eigenvalue weighted by Crippen LogP contribution is -2.16. The second kappa shape index (κ2) is 7.14. The Kier molecular flexibility index (Phi) is 5.23. The van der Waals surface area contributed by atoms with Gasteiger partial charge < -0.3 is 19.1 Å². The maximum absolute atomic E-state index is 9.35. The molecule has 0 aliphatic rings. The zero-order chi connectivity index (χ0) is 14.4. The van der Waals surface area contributed by atoms with Crippen LogP contribution in [0.1, 0.15) is 23.3 Å². The average Bonchev–Trinajstić information content (AvgIpc) is 2.90. The molecule has 2 aromatic rings. The molecule has 1 aromatic carbocycles. The van der Waals surface area contributed by atoms with Gasteiger partial charge in [0, 0.05) is 20.8 Å². The monoisotopic (exact) mass is 277 g/mol. The van der Waals surface area contributed by atoms with E-state index in [-0.39, 0.29) is 12.7 Å². The Morgan fingerprint density at radius 3 is 2.55 bits per heavy atom. The first-order valence-electron chi connectivity index (χ1n) is 6.41. The van der Waals surface area contributed by atoms with Crippen LogP contribution < -0.4 is 0 Å². The van der Waals surface area contributed by atoms with Crippen LogP contribution in [0.3, 0.4) is 0 Å². The van der Waals surface area contributed by atoms with Crippen molar-refractivity contribution in [2.75, 3.05) is 20.8 Å². The van der Waals surface area contributed by atoms with Crippen LogP contribution in [0, 0.1) is 0 Å². The standard InChI is InChI=1S/C14H19N3O3/c1-19-9-8-17-12(10-18)15-16-14(17)13(20-2)11-6-4-3-5-7-11/h3-7,13,18H,8-10H2,1-2H3. The van der Waals surface area contributed by atoms with Gasteiger partial charge in [0.25, 0.3) is 0 Å². The number of hydrogen-bond acceptors (Lipinski definition) is 5. The first-order valence-corrected chi connectivity index (χ1v) is 6.41. The second-order valence-electron chi connectivity index (χ2n) is 4.30. The molecule has 0 bridgehead atoms. The highest BCUT2D eigenvalue weighted by Crippen LogP contribution is 2.24. The number of aliphatic hydroxyl groups excluding tert-OH is 1. The summed E-state index contributed by atoms with van der Waals surface area (Å²) < 4.78 is 12.5. The van der Waals surface area contributed by atoms with E-state index in [4.69, 9.17) is 9.47 Å². The lowest BCUT2D eigenvalue weighted by molar-refractivity contribution is 0.120. The summed E-state index contributed by atoms with van der Waals surface area (Å²) in [5.74, 6) is 1.18. The van der Waals surface area contributed by atoms with Crippen molar-refractivity contribution < 1.29 is 14.6 Å². The lowest BCUT2D eigenvalue weighted by Gasteiger charge is -2.17. The highest BCUT2D eigenvalue weighted by molar-refractivity contribution is 5.23. The molecule has 0 aliphatic heterocycles. The third-order valence-corrected chi connectivity index (χ3v) is 3.09. The first kappa shape index (κ1) is 14.6. The molecule has 6 heteroatoms. The van der Waals surface area contributed by atoms with Gasteiger partial charge in [-0.15, -0.1) is 10.2 Å². The zero-order valence-corrected chi connectivity index (χ0v) is 11.7. The predicted octanol–water partition coefficient (Wildman–Crippen LogP) is 1.15. The van der Waals surface area contributed by atoms with Gasteiger partial charge in [0.2, 0.25) is 0 Å². The number of benzene rings is 1. The van der Waals surface area contributed by atoms with Crippen LogP contribution in [0.2, 0.25) is 0 Å². The predicted molar refractivity (Wildman–Crippen MR) is 73.1 cm³/mol. The molecule has 0 spiro atoms. The molecule has 0 saturated carbocycles. The molecule has 1 heterocycles. The van der Waals surface area contributed by atoms with Gasteiger partial charge in [0.05, 0.1) is 6.61 Å². The Morgan fingerprint density at radius 1 is 1.20 bits per heavy atom. The molecule has 1 aromatic heterocycles. The van der Waals surface area contributed by atoms with Crippen molar-refractivity contribution in [3.05, 3.63) is 47.5 Å². The quantitative estimate of drug-likeness (QED) is 0.822. The molecule has 0 aliphatic carbocycles. The third kappa shape index (κ3) is 3.04. The Bertz CT molecular complexity index is 528. The molecular formula is C14H19N3O3. The van der Waals surface area contributed by atoms with Crippen molar-refractivity contribution in [2.24, 2.45) is 0 Å². The maximum Gasteiger partial charge on any atom is 0.167 e. The smallest absolute Gasteiger partial charge is 0.167 e. The van der Waals surface area contributed by atoms with Gasteiger partial charge in [0.1, 0.15) is 12.7 Å². The number of nitrogens with zero attached hydrogens (tertiary/aromatic N) is 3. The van der Waals surface area contributed by atoms with E-state index in [0.29, 0.717) is 24.8 Å². The minimum atomic E-state index is -0.319. The Labute approximate surface area is 118 Å². The molecule has 2 rings (SSSR count). The fourth-order valence-electron chi connectivity index (χ4n) is 2.10. The van der Waals surface area contributed by atoms with Crippen LogP contribution in [-0.4, -0.2) is 40.7 Å². The van der Waals surface area contributed by atoms with E-state index >= 15 is 0 Å². The summed E-state index contributed by atoms with van der Waals surface area (Å²) >= 11 is 0. The van der Waals surface area contributed by atoms with Gasteiger partial charge >= 0.3 is 0 Å². The number of rotatable bonds is 7. The van der Waals surface area contributed by atoms with Gasteiger partial charge in [-0.25, -0.2) is 0 Å². The Balaban J connectivity index is 2.36. The Hall–Kier alpha value is -1.76. The summed E-state index contributed by atoms with van der Waals surface area (Å²) in [5, 5.41) is 17.5. The topological polar surface area (TPSA) is 69.4 Å². The van der Waals surface area contributed by atoms with Crippen molar-refractivity contribution in [3.8, 4) is 0 Å². The van der Waals surface area contributed by atoms with Gasteiger partial charge in [0.15, 0.2) is 11.6 Å². The second-order valence-corrected chi connectivity index (χ2v) is 4.30. The number of aliphatic hydroxyl groups is 1. The van der Waals surface area contributed by atoms with Crippen LogP contribution in [0.25, 0.3) is 0 Å². The molecule has 6 nitrogen and oxygen atoms in total. The lowest BCUT2D eigenvalue weighted by atomic mass is 10.1. The number of ether oxygens (including phenoxy) is 2. The highest BCUT2D eigenvalue weighted by Gasteiger charge is 2.22. The van der Waals surface area contributed by atoms with Gasteiger partial charge in [-0.3, -0.25) is 0 Å². The molecular weight excluding hydrogens is 258 g/mol. The van der Waals surface area contributed by atoms with E-state index in [1.807, 2.05) is 34.9 Å². The minimum Gasteiger partial charge on any atom is -0.388 e. The fourth-order valence-corrected chi connectivity index (χ4v) is 2.10. The molecule has 1 N–H and O–H groups in total. The molecule has 0 amide bonds. The summed E-state index contributed by atoms with van der Waals surface area (Å²) in [6, 6.07) is 9.80. The fraction of sp³-hybridized carbons (Fsp3) is 0.429. The van der Waals surface area contributed by atoms with Crippen LogP contribution in [0.15, 0.2) is 30.3 Å². The third-order valence-electron chi connectivity index (χ3n) is 3.09. The van der Waals surface area contributed by atoms with Crippen molar-refractivity contribution in [3.63, 3.8) is 0 Å². The molecule has 0 radical (unpaired) electrons. The number of hydrogen-bond donors (Lipinski definition) is 1. The summed E-state index contributed by atoms with van der Waals surface area (Å²) in [7, 11) is 3.26. The van der Waals surface area contributed by atoms with E-state index in [0.717, 1.165) is 5.56 Å². The maximum atomic E-state index is 9.35. The number of aromatic nitrogens is 3. The van der Waals surface area contributed by atoms with Gasteiger partial charge in [-0.05, 0) is 5.56 Å². The van der Waals surface area contributed by atoms with Gasteiger partial charge in [-0.1, -0.05) is 30.3 Å².